The largest absolute Gasteiger partial charge is 0.486 e. The first kappa shape index (κ1) is 14.8. The molecular weight excluding hydrogens is 280 g/mol. The number of hydrogen-bond acceptors (Lipinski definition) is 5. The molecule has 0 saturated carbocycles. The fourth-order valence-corrected chi connectivity index (χ4v) is 2.59. The van der Waals surface area contributed by atoms with E-state index in [1.165, 1.54) is 5.56 Å². The first-order chi connectivity index (χ1) is 10.8. The van der Waals surface area contributed by atoms with E-state index in [1.54, 1.807) is 6.33 Å². The molecule has 1 atom stereocenters. The second-order valence-corrected chi connectivity index (χ2v) is 5.37. The fraction of sp³-hybridized carbons (Fsp3) is 0.500. The molecule has 0 radical (unpaired) electrons. The van der Waals surface area contributed by atoms with Gasteiger partial charge in [0.05, 0.1) is 0 Å². The van der Waals surface area contributed by atoms with E-state index in [-0.39, 0.29) is 6.04 Å². The van der Waals surface area contributed by atoms with Gasteiger partial charge in [0.25, 0.3) is 0 Å². The molecule has 1 aromatic carbocycles. The highest BCUT2D eigenvalue weighted by atomic mass is 16.6. The van der Waals surface area contributed by atoms with Gasteiger partial charge in [0.1, 0.15) is 25.4 Å². The van der Waals surface area contributed by atoms with Crippen molar-refractivity contribution in [2.45, 2.75) is 32.9 Å². The lowest BCUT2D eigenvalue weighted by molar-refractivity contribution is 0.171. The van der Waals surface area contributed by atoms with Gasteiger partial charge in [-0.2, -0.15) is 0 Å². The molecule has 1 aromatic heterocycles. The van der Waals surface area contributed by atoms with Gasteiger partial charge in [0.15, 0.2) is 11.5 Å². The summed E-state index contributed by atoms with van der Waals surface area (Å²) in [4.78, 5) is 0. The molecule has 3 rings (SSSR count). The highest BCUT2D eigenvalue weighted by Gasteiger charge is 2.14. The molecule has 0 fully saturated rings. The number of benzene rings is 1. The molecule has 0 amide bonds. The van der Waals surface area contributed by atoms with Crippen LogP contribution in [0.25, 0.3) is 0 Å². The number of nitrogens with zero attached hydrogens (tertiary/aromatic N) is 3. The Hall–Kier alpha value is -2.08. The monoisotopic (exact) mass is 302 g/mol. The Bertz CT molecular complexity index is 626. The van der Waals surface area contributed by atoms with Gasteiger partial charge in [-0.1, -0.05) is 13.0 Å². The van der Waals surface area contributed by atoms with Gasteiger partial charge in [-0.15, -0.1) is 10.2 Å². The van der Waals surface area contributed by atoms with Gasteiger partial charge in [-0.05, 0) is 24.6 Å². The first-order valence-corrected chi connectivity index (χ1v) is 7.77. The summed E-state index contributed by atoms with van der Waals surface area (Å²) in [6, 6.07) is 6.37. The molecule has 0 saturated heterocycles. The highest BCUT2D eigenvalue weighted by molar-refractivity contribution is 5.44. The normalized spacial score (nSPS) is 14.8. The van der Waals surface area contributed by atoms with Crippen molar-refractivity contribution in [2.24, 2.45) is 0 Å². The Labute approximate surface area is 130 Å². The third-order valence-corrected chi connectivity index (χ3v) is 3.88. The zero-order chi connectivity index (χ0) is 15.4. The zero-order valence-corrected chi connectivity index (χ0v) is 13.1. The number of fused-ring (bicyclic) bond motifs is 1. The van der Waals surface area contributed by atoms with Crippen molar-refractivity contribution in [1.82, 2.24) is 20.1 Å². The maximum absolute atomic E-state index is 5.63. The van der Waals surface area contributed by atoms with Crippen molar-refractivity contribution >= 4 is 0 Å². The summed E-state index contributed by atoms with van der Waals surface area (Å²) in [6.45, 7) is 7.21. The molecule has 6 nitrogen and oxygen atoms in total. The van der Waals surface area contributed by atoms with Crippen LogP contribution in [-0.4, -0.2) is 34.5 Å². The standard InChI is InChI=1S/C16H22N4O2/c1-3-16-19-18-11-20(16)7-6-17-12(2)13-4-5-14-15(10-13)22-9-8-21-14/h4-5,10-12,17H,3,6-9H2,1-2H3/t12-/m1/s1. The summed E-state index contributed by atoms with van der Waals surface area (Å²) in [6.07, 6.45) is 2.69. The predicted molar refractivity (Wildman–Crippen MR) is 83.2 cm³/mol. The molecule has 0 bridgehead atoms. The molecule has 0 unspecified atom stereocenters. The van der Waals surface area contributed by atoms with E-state index >= 15 is 0 Å². The SMILES string of the molecule is CCc1nncn1CCN[C@H](C)c1ccc2c(c1)OCCO2. The zero-order valence-electron chi connectivity index (χ0n) is 13.1. The fourth-order valence-electron chi connectivity index (χ4n) is 2.59. The van der Waals surface area contributed by atoms with Crippen LogP contribution < -0.4 is 14.8 Å². The van der Waals surface area contributed by atoms with Crippen molar-refractivity contribution in [3.05, 3.63) is 35.9 Å². The average molecular weight is 302 g/mol. The van der Waals surface area contributed by atoms with E-state index in [9.17, 15) is 0 Å². The van der Waals surface area contributed by atoms with E-state index < -0.39 is 0 Å². The van der Waals surface area contributed by atoms with E-state index in [1.807, 2.05) is 6.07 Å². The third-order valence-electron chi connectivity index (χ3n) is 3.88. The minimum absolute atomic E-state index is 0.248. The number of nitrogens with one attached hydrogen (secondary N) is 1. The molecule has 0 aliphatic carbocycles. The summed E-state index contributed by atoms with van der Waals surface area (Å²) in [5, 5.41) is 11.6. The Morgan fingerprint density at radius 2 is 2.09 bits per heavy atom. The molecular formula is C16H22N4O2. The Morgan fingerprint density at radius 1 is 1.27 bits per heavy atom. The quantitative estimate of drug-likeness (QED) is 0.884. The summed E-state index contributed by atoms with van der Waals surface area (Å²) >= 11 is 0. The summed E-state index contributed by atoms with van der Waals surface area (Å²) in [7, 11) is 0. The van der Waals surface area contributed by atoms with E-state index in [4.69, 9.17) is 9.47 Å². The summed E-state index contributed by atoms with van der Waals surface area (Å²) in [5.41, 5.74) is 1.20. The van der Waals surface area contributed by atoms with Gasteiger partial charge in [0.2, 0.25) is 0 Å². The van der Waals surface area contributed by atoms with E-state index in [2.05, 4.69) is 46.1 Å². The Morgan fingerprint density at radius 3 is 2.91 bits per heavy atom. The van der Waals surface area contributed by atoms with Crippen LogP contribution in [0.4, 0.5) is 0 Å². The van der Waals surface area contributed by atoms with Crippen LogP contribution in [-0.2, 0) is 13.0 Å². The molecule has 0 spiro atoms. The maximum Gasteiger partial charge on any atom is 0.161 e. The third kappa shape index (κ3) is 3.22. The second kappa shape index (κ2) is 6.79. The maximum atomic E-state index is 5.63. The molecule has 118 valence electrons. The smallest absolute Gasteiger partial charge is 0.161 e. The Balaban J connectivity index is 1.56. The number of hydrogen-bond donors (Lipinski definition) is 1. The van der Waals surface area contributed by atoms with Crippen LogP contribution in [0.5, 0.6) is 11.5 Å². The summed E-state index contributed by atoms with van der Waals surface area (Å²) in [5.74, 6) is 2.69. The van der Waals surface area contributed by atoms with Gasteiger partial charge in [0, 0.05) is 25.6 Å². The van der Waals surface area contributed by atoms with Gasteiger partial charge in [-0.3, -0.25) is 0 Å². The van der Waals surface area contributed by atoms with Crippen LogP contribution in [0.2, 0.25) is 0 Å². The number of ether oxygens (including phenoxy) is 2. The molecule has 1 aliphatic rings. The number of aryl methyl sites for hydroxylation is 1. The second-order valence-electron chi connectivity index (χ2n) is 5.37. The van der Waals surface area contributed by atoms with Crippen molar-refractivity contribution in [2.75, 3.05) is 19.8 Å². The van der Waals surface area contributed by atoms with Crippen LogP contribution in [0.3, 0.4) is 0 Å². The average Bonchev–Trinajstić information content (AvgIpc) is 3.01. The number of aromatic nitrogens is 3. The van der Waals surface area contributed by atoms with Crippen LogP contribution >= 0.6 is 0 Å². The molecule has 1 aliphatic heterocycles. The highest BCUT2D eigenvalue weighted by Crippen LogP contribution is 2.32. The Kier molecular flexibility index (Phi) is 4.58. The first-order valence-electron chi connectivity index (χ1n) is 7.77. The molecule has 2 aromatic rings. The minimum Gasteiger partial charge on any atom is -0.486 e. The van der Waals surface area contributed by atoms with Crippen molar-refractivity contribution in [3.8, 4) is 11.5 Å². The molecule has 1 N–H and O–H groups in total. The van der Waals surface area contributed by atoms with Gasteiger partial charge < -0.3 is 19.4 Å². The lowest BCUT2D eigenvalue weighted by Gasteiger charge is -2.21. The molecule has 2 heterocycles. The topological polar surface area (TPSA) is 61.2 Å². The predicted octanol–water partition coefficient (Wildman–Crippen LogP) is 1.96. The molecule has 6 heteroatoms. The lowest BCUT2D eigenvalue weighted by Crippen LogP contribution is -2.24. The lowest BCUT2D eigenvalue weighted by atomic mass is 10.1. The van der Waals surface area contributed by atoms with E-state index in [0.29, 0.717) is 13.2 Å². The number of rotatable bonds is 6. The van der Waals surface area contributed by atoms with Crippen LogP contribution in [0.15, 0.2) is 24.5 Å². The minimum atomic E-state index is 0.248. The van der Waals surface area contributed by atoms with Crippen molar-refractivity contribution in [1.29, 1.82) is 0 Å². The van der Waals surface area contributed by atoms with Crippen LogP contribution in [0.1, 0.15) is 31.3 Å². The van der Waals surface area contributed by atoms with Crippen molar-refractivity contribution < 1.29 is 9.47 Å². The summed E-state index contributed by atoms with van der Waals surface area (Å²) < 4.78 is 13.3. The molecule has 22 heavy (non-hydrogen) atoms. The van der Waals surface area contributed by atoms with E-state index in [0.717, 1.165) is 36.8 Å². The van der Waals surface area contributed by atoms with Crippen LogP contribution in [0, 0.1) is 0 Å². The van der Waals surface area contributed by atoms with Gasteiger partial charge >= 0.3 is 0 Å². The van der Waals surface area contributed by atoms with Gasteiger partial charge in [-0.25, -0.2) is 0 Å². The van der Waals surface area contributed by atoms with Crippen molar-refractivity contribution in [3.63, 3.8) is 0 Å².